The summed E-state index contributed by atoms with van der Waals surface area (Å²) in [4.78, 5) is 0. The molecule has 21 heavy (non-hydrogen) atoms. The smallest absolute Gasteiger partial charge is 0.124 e. The topological polar surface area (TPSA) is 55.9 Å². The highest BCUT2D eigenvalue weighted by atomic mass is 127. The van der Waals surface area contributed by atoms with E-state index in [-0.39, 0.29) is 11.9 Å². The molecule has 0 aliphatic heterocycles. The average Bonchev–Trinajstić information content (AvgIpc) is 2.87. The number of hydrazine groups is 1. The van der Waals surface area contributed by atoms with Crippen LogP contribution in [0, 0.1) is 9.39 Å². The van der Waals surface area contributed by atoms with Gasteiger partial charge in [-0.2, -0.15) is 5.10 Å². The summed E-state index contributed by atoms with van der Waals surface area (Å²) in [6, 6.07) is 6.83. The first kappa shape index (κ1) is 16.4. The first-order valence-corrected chi connectivity index (χ1v) is 8.13. The number of aryl methyl sites for hydroxylation is 2. The number of nitrogens with one attached hydrogen (secondary N) is 1. The Hall–Kier alpha value is -0.990. The zero-order valence-corrected chi connectivity index (χ0v) is 14.4. The van der Waals surface area contributed by atoms with E-state index in [2.05, 4.69) is 53.0 Å². The fraction of sp³-hybridized carbons (Fsp3) is 0.400. The Kier molecular flexibility index (Phi) is 5.72. The highest BCUT2D eigenvalue weighted by molar-refractivity contribution is 14.1. The normalized spacial score (nSPS) is 12.6. The molecule has 3 N–H and O–H groups in total. The van der Waals surface area contributed by atoms with E-state index in [4.69, 9.17) is 5.84 Å². The quantitative estimate of drug-likeness (QED) is 0.444. The number of halogens is 2. The third-order valence-corrected chi connectivity index (χ3v) is 4.46. The van der Waals surface area contributed by atoms with Crippen LogP contribution in [0.3, 0.4) is 0 Å². The largest absolute Gasteiger partial charge is 0.271 e. The minimum Gasteiger partial charge on any atom is -0.271 e. The van der Waals surface area contributed by atoms with E-state index in [9.17, 15) is 4.39 Å². The van der Waals surface area contributed by atoms with Crippen LogP contribution < -0.4 is 11.3 Å². The summed E-state index contributed by atoms with van der Waals surface area (Å²) in [6.07, 6.45) is 1.63. The molecule has 0 saturated heterocycles. The molecule has 0 aliphatic carbocycles. The fourth-order valence-corrected chi connectivity index (χ4v) is 3.23. The van der Waals surface area contributed by atoms with Gasteiger partial charge in [0.05, 0.1) is 11.7 Å². The van der Waals surface area contributed by atoms with Gasteiger partial charge in [0.25, 0.3) is 0 Å². The minimum absolute atomic E-state index is 0.0655. The summed E-state index contributed by atoms with van der Waals surface area (Å²) < 4.78 is 16.1. The maximum absolute atomic E-state index is 13.2. The lowest BCUT2D eigenvalue weighted by atomic mass is 10.0. The van der Waals surface area contributed by atoms with Gasteiger partial charge in [0.2, 0.25) is 0 Å². The third-order valence-electron chi connectivity index (χ3n) is 3.53. The van der Waals surface area contributed by atoms with Gasteiger partial charge in [0, 0.05) is 22.2 Å². The zero-order valence-electron chi connectivity index (χ0n) is 12.2. The average molecular weight is 402 g/mol. The van der Waals surface area contributed by atoms with Crippen molar-refractivity contribution in [1.82, 2.24) is 15.2 Å². The number of hydrogen-bond acceptors (Lipinski definition) is 3. The molecule has 0 aliphatic rings. The van der Waals surface area contributed by atoms with Crippen LogP contribution in [0.15, 0.2) is 24.3 Å². The molecule has 2 rings (SSSR count). The molecule has 6 heteroatoms. The van der Waals surface area contributed by atoms with Crippen molar-refractivity contribution in [1.29, 1.82) is 0 Å². The van der Waals surface area contributed by atoms with Crippen molar-refractivity contribution in [2.24, 2.45) is 5.84 Å². The number of rotatable bonds is 6. The van der Waals surface area contributed by atoms with Crippen molar-refractivity contribution in [3.05, 3.63) is 50.6 Å². The molecule has 0 radical (unpaired) electrons. The monoisotopic (exact) mass is 402 g/mol. The Morgan fingerprint density at radius 1 is 1.38 bits per heavy atom. The summed E-state index contributed by atoms with van der Waals surface area (Å²) in [7, 11) is 0. The number of benzene rings is 1. The van der Waals surface area contributed by atoms with Gasteiger partial charge in [-0.05, 0) is 59.7 Å². The maximum Gasteiger partial charge on any atom is 0.124 e. The van der Waals surface area contributed by atoms with E-state index < -0.39 is 0 Å². The van der Waals surface area contributed by atoms with Crippen molar-refractivity contribution < 1.29 is 4.39 Å². The molecule has 1 aromatic heterocycles. The standard InChI is InChI=1S/C15H20FIN4/c1-3-11-8-12(21(4-2)20-11)9-15(19-18)13-6-5-10(16)7-14(13)17/h5-8,15,19H,3-4,9,18H2,1-2H3. The highest BCUT2D eigenvalue weighted by Crippen LogP contribution is 2.24. The van der Waals surface area contributed by atoms with Gasteiger partial charge in [0.15, 0.2) is 0 Å². The van der Waals surface area contributed by atoms with Crippen LogP contribution in [0.1, 0.15) is 36.8 Å². The van der Waals surface area contributed by atoms with Crippen LogP contribution in [0.5, 0.6) is 0 Å². The van der Waals surface area contributed by atoms with Crippen LogP contribution in [0.25, 0.3) is 0 Å². The van der Waals surface area contributed by atoms with E-state index in [0.717, 1.165) is 39.9 Å². The van der Waals surface area contributed by atoms with E-state index in [0.29, 0.717) is 0 Å². The second-order valence-corrected chi connectivity index (χ2v) is 6.05. The van der Waals surface area contributed by atoms with Crippen LogP contribution in [0.4, 0.5) is 4.39 Å². The molecule has 2 aromatic rings. The molecular formula is C15H20FIN4. The first-order valence-electron chi connectivity index (χ1n) is 7.05. The van der Waals surface area contributed by atoms with Crippen LogP contribution in [-0.2, 0) is 19.4 Å². The first-order chi connectivity index (χ1) is 10.1. The predicted molar refractivity (Wildman–Crippen MR) is 90.2 cm³/mol. The molecule has 1 unspecified atom stereocenters. The number of nitrogens with two attached hydrogens (primary N) is 1. The SMILES string of the molecule is CCc1cc(CC(NN)c2ccc(F)cc2I)n(CC)n1. The second kappa shape index (κ2) is 7.33. The Morgan fingerprint density at radius 3 is 2.71 bits per heavy atom. The van der Waals surface area contributed by atoms with E-state index >= 15 is 0 Å². The molecule has 1 heterocycles. The summed E-state index contributed by atoms with van der Waals surface area (Å²) in [5.41, 5.74) is 6.06. The Labute approximate surface area is 138 Å². The van der Waals surface area contributed by atoms with Crippen molar-refractivity contribution in [2.75, 3.05) is 0 Å². The van der Waals surface area contributed by atoms with Crippen LogP contribution in [-0.4, -0.2) is 9.78 Å². The predicted octanol–water partition coefficient (Wildman–Crippen LogP) is 2.96. The Balaban J connectivity index is 2.28. The summed E-state index contributed by atoms with van der Waals surface area (Å²) in [5.74, 6) is 5.48. The van der Waals surface area contributed by atoms with E-state index in [1.807, 2.05) is 4.68 Å². The van der Waals surface area contributed by atoms with E-state index in [1.54, 1.807) is 6.07 Å². The van der Waals surface area contributed by atoms with Crippen molar-refractivity contribution >= 4 is 22.6 Å². The summed E-state index contributed by atoms with van der Waals surface area (Å²) in [5, 5.41) is 4.55. The Bertz CT molecular complexity index is 612. The Morgan fingerprint density at radius 2 is 2.14 bits per heavy atom. The lowest BCUT2D eigenvalue weighted by Crippen LogP contribution is -2.30. The molecular weight excluding hydrogens is 382 g/mol. The summed E-state index contributed by atoms with van der Waals surface area (Å²) >= 11 is 2.14. The molecule has 0 amide bonds. The van der Waals surface area contributed by atoms with Crippen molar-refractivity contribution in [2.45, 2.75) is 39.3 Å². The molecule has 0 fully saturated rings. The molecule has 0 bridgehead atoms. The molecule has 4 nitrogen and oxygen atoms in total. The van der Waals surface area contributed by atoms with Gasteiger partial charge in [-0.3, -0.25) is 16.0 Å². The van der Waals surface area contributed by atoms with Crippen LogP contribution >= 0.6 is 22.6 Å². The van der Waals surface area contributed by atoms with Crippen LogP contribution in [0.2, 0.25) is 0 Å². The van der Waals surface area contributed by atoms with Gasteiger partial charge < -0.3 is 0 Å². The second-order valence-electron chi connectivity index (χ2n) is 4.89. The molecule has 0 saturated carbocycles. The van der Waals surface area contributed by atoms with E-state index in [1.165, 1.54) is 12.1 Å². The van der Waals surface area contributed by atoms with Crippen molar-refractivity contribution in [3.63, 3.8) is 0 Å². The van der Waals surface area contributed by atoms with Gasteiger partial charge in [-0.15, -0.1) is 0 Å². The van der Waals surface area contributed by atoms with Gasteiger partial charge in [-0.1, -0.05) is 13.0 Å². The van der Waals surface area contributed by atoms with Gasteiger partial charge >= 0.3 is 0 Å². The van der Waals surface area contributed by atoms with Crippen molar-refractivity contribution in [3.8, 4) is 0 Å². The van der Waals surface area contributed by atoms with Gasteiger partial charge in [0.1, 0.15) is 5.82 Å². The molecule has 0 spiro atoms. The zero-order chi connectivity index (χ0) is 15.4. The van der Waals surface area contributed by atoms with Gasteiger partial charge in [-0.25, -0.2) is 4.39 Å². The molecule has 114 valence electrons. The number of aromatic nitrogens is 2. The third kappa shape index (κ3) is 3.81. The minimum atomic E-state index is -0.231. The number of nitrogens with zero attached hydrogens (tertiary/aromatic N) is 2. The maximum atomic E-state index is 13.2. The highest BCUT2D eigenvalue weighted by Gasteiger charge is 2.17. The fourth-order valence-electron chi connectivity index (χ4n) is 2.38. The summed E-state index contributed by atoms with van der Waals surface area (Å²) in [6.45, 7) is 4.99. The lowest BCUT2D eigenvalue weighted by molar-refractivity contribution is 0.513. The molecule has 1 atom stereocenters. The molecule has 1 aromatic carbocycles. The lowest BCUT2D eigenvalue weighted by Gasteiger charge is -2.18. The number of hydrogen-bond donors (Lipinski definition) is 2.